The summed E-state index contributed by atoms with van der Waals surface area (Å²) in [6.07, 6.45) is -2.57. The van der Waals surface area contributed by atoms with Crippen molar-refractivity contribution in [2.24, 2.45) is 0 Å². The second-order valence-corrected chi connectivity index (χ2v) is 5.62. The molecule has 1 fully saturated rings. The summed E-state index contributed by atoms with van der Waals surface area (Å²) in [5.74, 6) is -1.30. The van der Waals surface area contributed by atoms with Gasteiger partial charge < -0.3 is 10.2 Å². The molecule has 2 rings (SSSR count). The van der Waals surface area contributed by atoms with Gasteiger partial charge >= 0.3 is 6.18 Å². The molecule has 1 N–H and O–H groups in total. The van der Waals surface area contributed by atoms with Gasteiger partial charge in [0.15, 0.2) is 0 Å². The first-order valence-corrected chi connectivity index (χ1v) is 7.18. The number of halogens is 4. The molecule has 1 aromatic rings. The van der Waals surface area contributed by atoms with Crippen LogP contribution in [0.1, 0.15) is 30.3 Å². The number of carbonyl (C=O) groups is 2. The number of nitrogens with zero attached hydrogens (tertiary/aromatic N) is 3. The van der Waals surface area contributed by atoms with Crippen LogP contribution in [0, 0.1) is 0 Å². The van der Waals surface area contributed by atoms with Crippen molar-refractivity contribution in [1.82, 2.24) is 20.2 Å². The number of aromatic nitrogens is 2. The third-order valence-electron chi connectivity index (χ3n) is 3.50. The Balaban J connectivity index is 2.29. The van der Waals surface area contributed by atoms with Crippen molar-refractivity contribution in [2.75, 3.05) is 6.54 Å². The van der Waals surface area contributed by atoms with E-state index in [9.17, 15) is 22.8 Å². The Labute approximate surface area is 135 Å². The Morgan fingerprint density at radius 3 is 2.65 bits per heavy atom. The SMILES string of the molecule is CC(=O)N[C@@H]1CC[C@H](C(F)(F)F)N(C(=O)c2ncncc2Cl)C1. The summed E-state index contributed by atoms with van der Waals surface area (Å²) in [5, 5.41) is 2.41. The molecule has 0 saturated carbocycles. The molecular formula is C13H14ClF3N4O2. The molecule has 2 heterocycles. The summed E-state index contributed by atoms with van der Waals surface area (Å²) < 4.78 is 39.6. The molecule has 126 valence electrons. The van der Waals surface area contributed by atoms with Crippen molar-refractivity contribution in [1.29, 1.82) is 0 Å². The molecular weight excluding hydrogens is 337 g/mol. The van der Waals surface area contributed by atoms with E-state index in [1.54, 1.807) is 0 Å². The maximum absolute atomic E-state index is 13.2. The number of carbonyl (C=O) groups excluding carboxylic acids is 2. The average molecular weight is 351 g/mol. The number of alkyl halides is 3. The Hall–Kier alpha value is -1.90. The van der Waals surface area contributed by atoms with Crippen LogP contribution in [-0.4, -0.2) is 51.5 Å². The first kappa shape index (κ1) is 17.5. The van der Waals surface area contributed by atoms with E-state index in [2.05, 4.69) is 15.3 Å². The van der Waals surface area contributed by atoms with Gasteiger partial charge in [-0.05, 0) is 12.8 Å². The van der Waals surface area contributed by atoms with Crippen molar-refractivity contribution in [3.8, 4) is 0 Å². The highest BCUT2D eigenvalue weighted by molar-refractivity contribution is 6.33. The molecule has 23 heavy (non-hydrogen) atoms. The Kier molecular flexibility index (Phi) is 5.08. The molecule has 1 aliphatic heterocycles. The van der Waals surface area contributed by atoms with Gasteiger partial charge in [0, 0.05) is 25.7 Å². The van der Waals surface area contributed by atoms with Crippen LogP contribution < -0.4 is 5.32 Å². The fourth-order valence-corrected chi connectivity index (χ4v) is 2.73. The lowest BCUT2D eigenvalue weighted by atomic mass is 9.97. The van der Waals surface area contributed by atoms with Crippen LogP contribution in [0.4, 0.5) is 13.2 Å². The molecule has 6 nitrogen and oxygen atoms in total. The molecule has 1 saturated heterocycles. The largest absolute Gasteiger partial charge is 0.408 e. The molecule has 10 heteroatoms. The smallest absolute Gasteiger partial charge is 0.352 e. The second-order valence-electron chi connectivity index (χ2n) is 5.21. The molecule has 1 aromatic heterocycles. The molecule has 2 atom stereocenters. The van der Waals surface area contributed by atoms with Crippen LogP contribution in [0.2, 0.25) is 5.02 Å². The zero-order valence-corrected chi connectivity index (χ0v) is 12.9. The van der Waals surface area contributed by atoms with Crippen LogP contribution in [-0.2, 0) is 4.79 Å². The minimum atomic E-state index is -4.57. The fourth-order valence-electron chi connectivity index (χ4n) is 2.55. The molecule has 0 unspecified atom stereocenters. The Bertz CT molecular complexity index is 611. The Morgan fingerprint density at radius 2 is 2.09 bits per heavy atom. The number of hydrogen-bond donors (Lipinski definition) is 1. The zero-order chi connectivity index (χ0) is 17.2. The van der Waals surface area contributed by atoms with Crippen molar-refractivity contribution in [3.63, 3.8) is 0 Å². The first-order chi connectivity index (χ1) is 10.7. The number of piperidine rings is 1. The third kappa shape index (κ3) is 4.10. The van der Waals surface area contributed by atoms with Gasteiger partial charge in [0.2, 0.25) is 5.91 Å². The van der Waals surface area contributed by atoms with Gasteiger partial charge in [-0.3, -0.25) is 9.59 Å². The average Bonchev–Trinajstić information content (AvgIpc) is 2.45. The highest BCUT2D eigenvalue weighted by atomic mass is 35.5. The summed E-state index contributed by atoms with van der Waals surface area (Å²) in [6.45, 7) is 1.01. The predicted octanol–water partition coefficient (Wildman–Crippen LogP) is 1.80. The van der Waals surface area contributed by atoms with E-state index in [-0.39, 0.29) is 36.0 Å². The van der Waals surface area contributed by atoms with E-state index in [0.29, 0.717) is 4.90 Å². The maximum atomic E-state index is 13.2. The highest BCUT2D eigenvalue weighted by Crippen LogP contribution is 2.33. The lowest BCUT2D eigenvalue weighted by Crippen LogP contribution is -2.58. The van der Waals surface area contributed by atoms with Crippen molar-refractivity contribution in [3.05, 3.63) is 23.2 Å². The highest BCUT2D eigenvalue weighted by Gasteiger charge is 2.48. The van der Waals surface area contributed by atoms with E-state index in [1.165, 1.54) is 6.92 Å². The van der Waals surface area contributed by atoms with Crippen LogP contribution >= 0.6 is 11.6 Å². The molecule has 1 aliphatic rings. The van der Waals surface area contributed by atoms with E-state index in [0.717, 1.165) is 12.5 Å². The summed E-state index contributed by atoms with van der Waals surface area (Å²) >= 11 is 5.80. The minimum absolute atomic E-state index is 0.125. The van der Waals surface area contributed by atoms with Crippen molar-refractivity contribution in [2.45, 2.75) is 38.0 Å². The zero-order valence-electron chi connectivity index (χ0n) is 12.1. The fraction of sp³-hybridized carbons (Fsp3) is 0.538. The lowest BCUT2D eigenvalue weighted by Gasteiger charge is -2.40. The summed E-state index contributed by atoms with van der Waals surface area (Å²) in [7, 11) is 0. The van der Waals surface area contributed by atoms with Gasteiger partial charge in [-0.1, -0.05) is 11.6 Å². The molecule has 0 spiro atoms. The van der Waals surface area contributed by atoms with E-state index >= 15 is 0 Å². The van der Waals surface area contributed by atoms with Crippen LogP contribution in [0.3, 0.4) is 0 Å². The first-order valence-electron chi connectivity index (χ1n) is 6.80. The summed E-state index contributed by atoms with van der Waals surface area (Å²) in [5.41, 5.74) is -0.292. The monoisotopic (exact) mass is 350 g/mol. The number of nitrogens with one attached hydrogen (secondary N) is 1. The molecule has 0 aliphatic carbocycles. The Morgan fingerprint density at radius 1 is 1.39 bits per heavy atom. The number of rotatable bonds is 2. The van der Waals surface area contributed by atoms with Gasteiger partial charge in [0.1, 0.15) is 18.1 Å². The normalized spacial score (nSPS) is 21.9. The number of amides is 2. The van der Waals surface area contributed by atoms with Gasteiger partial charge in [-0.25, -0.2) is 9.97 Å². The number of hydrogen-bond acceptors (Lipinski definition) is 4. The molecule has 2 amide bonds. The van der Waals surface area contributed by atoms with Gasteiger partial charge in [-0.15, -0.1) is 0 Å². The maximum Gasteiger partial charge on any atom is 0.408 e. The van der Waals surface area contributed by atoms with E-state index in [4.69, 9.17) is 11.6 Å². The van der Waals surface area contributed by atoms with Crippen LogP contribution in [0.15, 0.2) is 12.5 Å². The molecule has 0 radical (unpaired) electrons. The topological polar surface area (TPSA) is 75.2 Å². The second kappa shape index (κ2) is 6.69. The van der Waals surface area contributed by atoms with Gasteiger partial charge in [0.05, 0.1) is 5.02 Å². The van der Waals surface area contributed by atoms with Crippen LogP contribution in [0.5, 0.6) is 0 Å². The lowest BCUT2D eigenvalue weighted by molar-refractivity contribution is -0.184. The summed E-state index contributed by atoms with van der Waals surface area (Å²) in [4.78, 5) is 31.5. The molecule has 0 bridgehead atoms. The number of likely N-dealkylation sites (tertiary alicyclic amines) is 1. The van der Waals surface area contributed by atoms with E-state index in [1.807, 2.05) is 0 Å². The minimum Gasteiger partial charge on any atom is -0.352 e. The predicted molar refractivity (Wildman–Crippen MR) is 74.8 cm³/mol. The summed E-state index contributed by atoms with van der Waals surface area (Å²) in [6, 6.07) is -2.48. The molecule has 0 aromatic carbocycles. The van der Waals surface area contributed by atoms with Gasteiger partial charge in [0.25, 0.3) is 5.91 Å². The van der Waals surface area contributed by atoms with Gasteiger partial charge in [-0.2, -0.15) is 13.2 Å². The standard InChI is InChI=1S/C13H14ClF3N4O2/c1-7(22)20-8-2-3-10(13(15,16)17)21(5-8)12(23)11-9(14)4-18-6-19-11/h4,6,8,10H,2-3,5H2,1H3,(H,20,22)/t8-,10-/m1/s1. The van der Waals surface area contributed by atoms with E-state index < -0.39 is 24.2 Å². The van der Waals surface area contributed by atoms with Crippen molar-refractivity contribution < 1.29 is 22.8 Å². The van der Waals surface area contributed by atoms with Crippen molar-refractivity contribution >= 4 is 23.4 Å². The third-order valence-corrected chi connectivity index (χ3v) is 3.77. The van der Waals surface area contributed by atoms with Crippen LogP contribution in [0.25, 0.3) is 0 Å². The quantitative estimate of drug-likeness (QED) is 0.882.